The van der Waals surface area contributed by atoms with Crippen LogP contribution in [0.15, 0.2) is 22.7 Å². The molecule has 1 rings (SSSR count). The van der Waals surface area contributed by atoms with E-state index >= 15 is 0 Å². The van der Waals surface area contributed by atoms with Crippen molar-refractivity contribution in [2.24, 2.45) is 5.73 Å². The van der Waals surface area contributed by atoms with Gasteiger partial charge in [-0.3, -0.25) is 4.79 Å². The predicted octanol–water partition coefficient (Wildman–Crippen LogP) is 1.98. The normalized spacial score (nSPS) is 13.9. The van der Waals surface area contributed by atoms with Gasteiger partial charge in [0.1, 0.15) is 5.75 Å². The van der Waals surface area contributed by atoms with Crippen LogP contribution in [0.3, 0.4) is 0 Å². The summed E-state index contributed by atoms with van der Waals surface area (Å²) >= 11 is 3.41. The number of nitrogens with one attached hydrogen (secondary N) is 1. The zero-order valence-electron chi connectivity index (χ0n) is 10.2. The zero-order chi connectivity index (χ0) is 13.0. The minimum absolute atomic E-state index is 0.0873. The molecule has 1 aromatic rings. The van der Waals surface area contributed by atoms with Gasteiger partial charge < -0.3 is 15.8 Å². The van der Waals surface area contributed by atoms with Gasteiger partial charge in [0.15, 0.2) is 0 Å². The summed E-state index contributed by atoms with van der Waals surface area (Å²) in [5.74, 6) is 0.601. The fourth-order valence-corrected chi connectivity index (χ4v) is 1.94. The van der Waals surface area contributed by atoms with Crippen LogP contribution in [0.25, 0.3) is 0 Å². The molecular formula is C12H17BrN2O2. The maximum absolute atomic E-state index is 11.5. The second-order valence-corrected chi connectivity index (χ2v) is 4.77. The number of carbonyl (C=O) groups excluding carboxylic acids is 1. The van der Waals surface area contributed by atoms with Crippen molar-refractivity contribution in [3.8, 4) is 5.75 Å². The van der Waals surface area contributed by atoms with Gasteiger partial charge in [0.25, 0.3) is 0 Å². The van der Waals surface area contributed by atoms with Gasteiger partial charge in [-0.2, -0.15) is 0 Å². The van der Waals surface area contributed by atoms with E-state index in [4.69, 9.17) is 10.5 Å². The smallest absolute Gasteiger partial charge is 0.237 e. The molecule has 2 atom stereocenters. The first-order valence-electron chi connectivity index (χ1n) is 5.35. The molecule has 0 aromatic heterocycles. The highest BCUT2D eigenvalue weighted by Gasteiger charge is 2.13. The number of hydrogen-bond acceptors (Lipinski definition) is 3. The summed E-state index contributed by atoms with van der Waals surface area (Å²) in [5.41, 5.74) is 6.49. The second-order valence-electron chi connectivity index (χ2n) is 3.91. The molecule has 1 unspecified atom stereocenters. The molecule has 3 N–H and O–H groups in total. The molecule has 0 saturated carbocycles. The number of benzene rings is 1. The first-order valence-corrected chi connectivity index (χ1v) is 6.14. The standard InChI is InChI=1S/C12H17BrN2O2/c1-7(14)12(16)15-8(2)9-4-5-11(17-3)10(13)6-9/h4-8H,14H2,1-3H3,(H,15,16)/t7-,8?/m0/s1. The minimum atomic E-state index is -0.501. The SMILES string of the molecule is COc1ccc(C(C)NC(=O)[C@H](C)N)cc1Br. The Bertz CT molecular complexity index is 407. The maximum Gasteiger partial charge on any atom is 0.237 e. The van der Waals surface area contributed by atoms with Crippen LogP contribution in [-0.4, -0.2) is 19.1 Å². The molecule has 0 heterocycles. The van der Waals surface area contributed by atoms with Gasteiger partial charge in [-0.15, -0.1) is 0 Å². The van der Waals surface area contributed by atoms with E-state index < -0.39 is 6.04 Å². The second kappa shape index (κ2) is 6.02. The molecule has 5 heteroatoms. The van der Waals surface area contributed by atoms with Gasteiger partial charge in [-0.1, -0.05) is 6.07 Å². The van der Waals surface area contributed by atoms with E-state index in [0.717, 1.165) is 15.8 Å². The van der Waals surface area contributed by atoms with E-state index in [1.807, 2.05) is 25.1 Å². The Morgan fingerprint density at radius 1 is 1.47 bits per heavy atom. The molecule has 4 nitrogen and oxygen atoms in total. The molecule has 1 aromatic carbocycles. The van der Waals surface area contributed by atoms with Gasteiger partial charge in [0, 0.05) is 0 Å². The number of hydrogen-bond donors (Lipinski definition) is 2. The monoisotopic (exact) mass is 300 g/mol. The molecule has 0 spiro atoms. The maximum atomic E-state index is 11.5. The van der Waals surface area contributed by atoms with Crippen molar-refractivity contribution in [3.05, 3.63) is 28.2 Å². The topological polar surface area (TPSA) is 64.3 Å². The van der Waals surface area contributed by atoms with Crippen molar-refractivity contribution >= 4 is 21.8 Å². The molecule has 0 bridgehead atoms. The lowest BCUT2D eigenvalue weighted by atomic mass is 10.1. The fraction of sp³-hybridized carbons (Fsp3) is 0.417. The zero-order valence-corrected chi connectivity index (χ0v) is 11.7. The number of carbonyl (C=O) groups is 1. The third-order valence-electron chi connectivity index (χ3n) is 2.45. The quantitative estimate of drug-likeness (QED) is 0.894. The van der Waals surface area contributed by atoms with E-state index in [2.05, 4.69) is 21.2 Å². The lowest BCUT2D eigenvalue weighted by molar-refractivity contribution is -0.122. The molecule has 0 aliphatic rings. The molecule has 0 saturated heterocycles. The van der Waals surface area contributed by atoms with Crippen molar-refractivity contribution in [1.29, 1.82) is 0 Å². The van der Waals surface area contributed by atoms with Crippen molar-refractivity contribution in [2.75, 3.05) is 7.11 Å². The van der Waals surface area contributed by atoms with Crippen LogP contribution >= 0.6 is 15.9 Å². The highest BCUT2D eigenvalue weighted by atomic mass is 79.9. The summed E-state index contributed by atoms with van der Waals surface area (Å²) in [6.45, 7) is 3.57. The van der Waals surface area contributed by atoms with Crippen molar-refractivity contribution in [3.63, 3.8) is 0 Å². The number of methoxy groups -OCH3 is 1. The van der Waals surface area contributed by atoms with Gasteiger partial charge in [-0.05, 0) is 47.5 Å². The van der Waals surface area contributed by atoms with Gasteiger partial charge in [0.05, 0.1) is 23.7 Å². The highest BCUT2D eigenvalue weighted by molar-refractivity contribution is 9.10. The van der Waals surface area contributed by atoms with E-state index in [-0.39, 0.29) is 11.9 Å². The molecule has 17 heavy (non-hydrogen) atoms. The average Bonchev–Trinajstić information content (AvgIpc) is 2.28. The van der Waals surface area contributed by atoms with Crippen LogP contribution in [0.4, 0.5) is 0 Å². The number of halogens is 1. The third kappa shape index (κ3) is 3.71. The molecule has 0 fully saturated rings. The lowest BCUT2D eigenvalue weighted by Crippen LogP contribution is -2.39. The van der Waals surface area contributed by atoms with Gasteiger partial charge in [0.2, 0.25) is 5.91 Å². The average molecular weight is 301 g/mol. The summed E-state index contributed by atoms with van der Waals surface area (Å²) in [5, 5.41) is 2.83. The van der Waals surface area contributed by atoms with Crippen LogP contribution in [0.2, 0.25) is 0 Å². The Labute approximate surface area is 110 Å². The van der Waals surface area contributed by atoms with Crippen LogP contribution in [0, 0.1) is 0 Å². The van der Waals surface area contributed by atoms with E-state index in [9.17, 15) is 4.79 Å². The summed E-state index contributed by atoms with van der Waals surface area (Å²) in [4.78, 5) is 11.5. The van der Waals surface area contributed by atoms with Gasteiger partial charge in [-0.25, -0.2) is 0 Å². The summed E-state index contributed by atoms with van der Waals surface area (Å²) in [7, 11) is 1.61. The van der Waals surface area contributed by atoms with E-state index in [1.54, 1.807) is 14.0 Å². The summed E-state index contributed by atoms with van der Waals surface area (Å²) in [6.07, 6.45) is 0. The molecule has 1 amide bonds. The molecule has 94 valence electrons. The van der Waals surface area contributed by atoms with Crippen LogP contribution in [0.1, 0.15) is 25.5 Å². The molecular weight excluding hydrogens is 284 g/mol. The van der Waals surface area contributed by atoms with Crippen LogP contribution < -0.4 is 15.8 Å². The van der Waals surface area contributed by atoms with Crippen molar-refractivity contribution < 1.29 is 9.53 Å². The largest absolute Gasteiger partial charge is 0.496 e. The number of amides is 1. The first kappa shape index (κ1) is 14.0. The fourth-order valence-electron chi connectivity index (χ4n) is 1.38. The van der Waals surface area contributed by atoms with Gasteiger partial charge >= 0.3 is 0 Å². The van der Waals surface area contributed by atoms with Crippen LogP contribution in [0.5, 0.6) is 5.75 Å². The van der Waals surface area contributed by atoms with Crippen molar-refractivity contribution in [1.82, 2.24) is 5.32 Å². The number of rotatable bonds is 4. The van der Waals surface area contributed by atoms with Crippen molar-refractivity contribution in [2.45, 2.75) is 25.9 Å². The number of nitrogens with two attached hydrogens (primary N) is 1. The van der Waals surface area contributed by atoms with Crippen LogP contribution in [-0.2, 0) is 4.79 Å². The summed E-state index contributed by atoms with van der Waals surface area (Å²) < 4.78 is 6.01. The molecule has 0 radical (unpaired) electrons. The Balaban J connectivity index is 2.79. The number of ether oxygens (including phenoxy) is 1. The Morgan fingerprint density at radius 2 is 2.12 bits per heavy atom. The minimum Gasteiger partial charge on any atom is -0.496 e. The third-order valence-corrected chi connectivity index (χ3v) is 3.07. The van der Waals surface area contributed by atoms with E-state index in [0.29, 0.717) is 0 Å². The Morgan fingerprint density at radius 3 is 2.59 bits per heavy atom. The van der Waals surface area contributed by atoms with E-state index in [1.165, 1.54) is 0 Å². The summed E-state index contributed by atoms with van der Waals surface area (Å²) in [6, 6.07) is 5.10. The highest BCUT2D eigenvalue weighted by Crippen LogP contribution is 2.27. The predicted molar refractivity (Wildman–Crippen MR) is 70.9 cm³/mol. The first-order chi connectivity index (χ1) is 7.95. The molecule has 0 aliphatic carbocycles. The molecule has 0 aliphatic heterocycles. The Kier molecular flexibility index (Phi) is 4.96. The Hall–Kier alpha value is -1.07. The lowest BCUT2D eigenvalue weighted by Gasteiger charge is -2.17.